The van der Waals surface area contributed by atoms with Crippen molar-refractivity contribution in [3.05, 3.63) is 63.3 Å². The van der Waals surface area contributed by atoms with Gasteiger partial charge in [-0.05, 0) is 51.8 Å². The molecule has 0 aliphatic rings. The number of hydrogen-bond acceptors (Lipinski definition) is 3. The van der Waals surface area contributed by atoms with E-state index in [1.165, 1.54) is 9.78 Å². The number of halogens is 1. The normalized spacial score (nSPS) is 11.8. The van der Waals surface area contributed by atoms with Crippen molar-refractivity contribution < 1.29 is 9.69 Å². The zero-order valence-corrected chi connectivity index (χ0v) is 17.1. The second kappa shape index (κ2) is 9.75. The molecule has 0 spiro atoms. The van der Waals surface area contributed by atoms with Gasteiger partial charge in [0.15, 0.2) is 6.54 Å². The number of nitrogens with one attached hydrogen (secondary N) is 2. The van der Waals surface area contributed by atoms with Crippen LogP contribution in [0.5, 0.6) is 0 Å². The first-order chi connectivity index (χ1) is 12.0. The summed E-state index contributed by atoms with van der Waals surface area (Å²) in [7, 11) is 4.03. The molecule has 0 aliphatic heterocycles. The van der Waals surface area contributed by atoms with Crippen LogP contribution in [-0.2, 0) is 17.9 Å². The number of amides is 1. The third-order valence-corrected chi connectivity index (χ3v) is 5.46. The molecular formula is C19H25BrN3OS+. The van der Waals surface area contributed by atoms with Gasteiger partial charge in [0.1, 0.15) is 6.54 Å². The van der Waals surface area contributed by atoms with E-state index >= 15 is 0 Å². The number of carbonyl (C=O) groups excluding carboxylic acids is 1. The van der Waals surface area contributed by atoms with Gasteiger partial charge in [0.05, 0.1) is 15.2 Å². The molecule has 1 aromatic heterocycles. The molecule has 4 nitrogen and oxygen atoms in total. The summed E-state index contributed by atoms with van der Waals surface area (Å²) in [4.78, 5) is 16.8. The van der Waals surface area contributed by atoms with Crippen molar-refractivity contribution in [1.29, 1.82) is 0 Å². The van der Waals surface area contributed by atoms with Crippen LogP contribution in [0.2, 0.25) is 0 Å². The number of thiophene rings is 1. The number of carbonyl (C=O) groups is 1. The average molecular weight is 423 g/mol. The Morgan fingerprint density at radius 2 is 2.00 bits per heavy atom. The highest BCUT2D eigenvalue weighted by atomic mass is 79.9. The van der Waals surface area contributed by atoms with Crippen LogP contribution in [0.1, 0.15) is 10.4 Å². The second-order valence-electron chi connectivity index (χ2n) is 6.14. The minimum absolute atomic E-state index is 0.0594. The molecule has 2 rings (SSSR count). The van der Waals surface area contributed by atoms with Crippen LogP contribution >= 0.6 is 27.3 Å². The lowest BCUT2D eigenvalue weighted by Gasteiger charge is -2.17. The number of quaternary nitrogens is 1. The van der Waals surface area contributed by atoms with Crippen LogP contribution in [-0.4, -0.2) is 33.1 Å². The highest BCUT2D eigenvalue weighted by molar-refractivity contribution is 9.11. The molecule has 2 N–H and O–H groups in total. The monoisotopic (exact) mass is 422 g/mol. The molecule has 1 amide bonds. The molecule has 134 valence electrons. The molecule has 1 heterocycles. The van der Waals surface area contributed by atoms with Crippen molar-refractivity contribution in [3.8, 4) is 0 Å². The maximum absolute atomic E-state index is 12.3. The minimum Gasteiger partial charge on any atom is -0.378 e. The Balaban J connectivity index is 1.84. The van der Waals surface area contributed by atoms with Crippen LogP contribution in [0.4, 0.5) is 5.69 Å². The summed E-state index contributed by atoms with van der Waals surface area (Å²) in [5.74, 6) is 0.0594. The van der Waals surface area contributed by atoms with E-state index in [2.05, 4.69) is 50.9 Å². The number of hydrogen-bond donors (Lipinski definition) is 2. The lowest BCUT2D eigenvalue weighted by molar-refractivity contribution is -0.899. The van der Waals surface area contributed by atoms with Crippen molar-refractivity contribution in [2.45, 2.75) is 13.1 Å². The molecule has 1 atom stereocenters. The molecule has 25 heavy (non-hydrogen) atoms. The molecule has 0 fully saturated rings. The van der Waals surface area contributed by atoms with Crippen LogP contribution < -0.4 is 15.1 Å². The van der Waals surface area contributed by atoms with Crippen LogP contribution in [0.15, 0.2) is 52.8 Å². The van der Waals surface area contributed by atoms with E-state index in [-0.39, 0.29) is 5.91 Å². The minimum atomic E-state index is 0.0594. The zero-order valence-electron chi connectivity index (χ0n) is 14.7. The molecule has 1 aromatic carbocycles. The molecule has 0 saturated heterocycles. The van der Waals surface area contributed by atoms with Gasteiger partial charge in [0.2, 0.25) is 0 Å². The Hall–Kier alpha value is -1.63. The summed E-state index contributed by atoms with van der Waals surface area (Å²) < 4.78 is 1.12. The van der Waals surface area contributed by atoms with E-state index in [4.69, 9.17) is 0 Å². The Bertz CT molecular complexity index is 697. The molecule has 1 unspecified atom stereocenters. The molecule has 0 saturated carbocycles. The number of nitrogens with zero attached hydrogens (tertiary/aromatic N) is 1. The van der Waals surface area contributed by atoms with E-state index < -0.39 is 0 Å². The van der Waals surface area contributed by atoms with Crippen LogP contribution in [0.3, 0.4) is 0 Å². The average Bonchev–Trinajstić information content (AvgIpc) is 2.98. The molecule has 6 heteroatoms. The fraction of sp³-hybridized carbons (Fsp3) is 0.316. The van der Waals surface area contributed by atoms with Crippen molar-refractivity contribution in [2.75, 3.05) is 32.1 Å². The number of benzene rings is 1. The first kappa shape index (κ1) is 19.7. The first-order valence-electron chi connectivity index (χ1n) is 8.19. The predicted octanol–water partition coefficient (Wildman–Crippen LogP) is 2.46. The molecule has 0 radical (unpaired) electrons. The van der Waals surface area contributed by atoms with E-state index in [1.54, 1.807) is 11.3 Å². The van der Waals surface area contributed by atoms with Crippen molar-refractivity contribution in [1.82, 2.24) is 5.32 Å². The Kier molecular flexibility index (Phi) is 7.68. The largest absolute Gasteiger partial charge is 0.378 e. The second-order valence-corrected chi connectivity index (χ2v) is 8.69. The van der Waals surface area contributed by atoms with Gasteiger partial charge in [-0.2, -0.15) is 0 Å². The molecule has 0 bridgehead atoms. The van der Waals surface area contributed by atoms with Gasteiger partial charge in [-0.1, -0.05) is 18.7 Å². The number of anilines is 1. The predicted molar refractivity (Wildman–Crippen MR) is 109 cm³/mol. The Labute approximate surface area is 162 Å². The van der Waals surface area contributed by atoms with Crippen LogP contribution in [0.25, 0.3) is 0 Å². The molecule has 0 aliphatic carbocycles. The van der Waals surface area contributed by atoms with Gasteiger partial charge in [-0.3, -0.25) is 4.79 Å². The van der Waals surface area contributed by atoms with Crippen LogP contribution in [0, 0.1) is 0 Å². The lowest BCUT2D eigenvalue weighted by Crippen LogP contribution is -3.11. The van der Waals surface area contributed by atoms with Gasteiger partial charge >= 0.3 is 0 Å². The lowest BCUT2D eigenvalue weighted by atomic mass is 10.2. The topological polar surface area (TPSA) is 36.8 Å². The molecular weight excluding hydrogens is 398 g/mol. The smallest absolute Gasteiger partial charge is 0.275 e. The highest BCUT2D eigenvalue weighted by Gasteiger charge is 2.14. The van der Waals surface area contributed by atoms with E-state index in [0.29, 0.717) is 13.1 Å². The van der Waals surface area contributed by atoms with Gasteiger partial charge in [-0.15, -0.1) is 11.3 Å². The van der Waals surface area contributed by atoms with Gasteiger partial charge < -0.3 is 15.1 Å². The summed E-state index contributed by atoms with van der Waals surface area (Å²) in [6.07, 6.45) is 1.87. The summed E-state index contributed by atoms with van der Waals surface area (Å²) in [6.45, 7) is 6.40. The fourth-order valence-corrected chi connectivity index (χ4v) is 4.06. The van der Waals surface area contributed by atoms with Gasteiger partial charge in [0.25, 0.3) is 5.91 Å². The Morgan fingerprint density at radius 3 is 2.56 bits per heavy atom. The third-order valence-electron chi connectivity index (χ3n) is 3.84. The van der Waals surface area contributed by atoms with Crippen molar-refractivity contribution in [3.63, 3.8) is 0 Å². The van der Waals surface area contributed by atoms with Crippen molar-refractivity contribution in [2.24, 2.45) is 0 Å². The zero-order chi connectivity index (χ0) is 18.2. The standard InChI is InChI=1S/C19H24BrN3OS/c1-4-11-23(13-17-9-10-18(20)25-17)14-19(24)21-12-15-5-7-16(8-6-15)22(2)3/h4-10H,1,11-14H2,2-3H3,(H,21,24)/p+1. The third kappa shape index (κ3) is 6.65. The van der Waals surface area contributed by atoms with Gasteiger partial charge in [0, 0.05) is 26.3 Å². The maximum Gasteiger partial charge on any atom is 0.275 e. The highest BCUT2D eigenvalue weighted by Crippen LogP contribution is 2.21. The molecule has 2 aromatic rings. The fourth-order valence-electron chi connectivity index (χ4n) is 2.51. The quantitative estimate of drug-likeness (QED) is 0.608. The SMILES string of the molecule is C=CC[NH+](CC(=O)NCc1ccc(N(C)C)cc1)Cc1ccc(Br)s1. The summed E-state index contributed by atoms with van der Waals surface area (Å²) >= 11 is 5.19. The summed E-state index contributed by atoms with van der Waals surface area (Å²) in [5, 5.41) is 3.01. The number of rotatable bonds is 9. The van der Waals surface area contributed by atoms with E-state index in [1.807, 2.05) is 38.4 Å². The summed E-state index contributed by atoms with van der Waals surface area (Å²) in [5.41, 5.74) is 2.25. The van der Waals surface area contributed by atoms with E-state index in [9.17, 15) is 4.79 Å². The van der Waals surface area contributed by atoms with E-state index in [0.717, 1.165) is 28.1 Å². The Morgan fingerprint density at radius 1 is 1.28 bits per heavy atom. The summed E-state index contributed by atoms with van der Waals surface area (Å²) in [6, 6.07) is 12.4. The maximum atomic E-state index is 12.3. The first-order valence-corrected chi connectivity index (χ1v) is 9.80. The van der Waals surface area contributed by atoms with Gasteiger partial charge in [-0.25, -0.2) is 0 Å². The van der Waals surface area contributed by atoms with Crippen molar-refractivity contribution >= 4 is 38.9 Å².